The Bertz CT molecular complexity index is 807. The molecule has 7 nitrogen and oxygen atoms in total. The summed E-state index contributed by atoms with van der Waals surface area (Å²) in [6.07, 6.45) is 0. The molecule has 0 aliphatic rings. The lowest BCUT2D eigenvalue weighted by Gasteiger charge is -2.09. The number of nitrogens with one attached hydrogen (secondary N) is 1. The lowest BCUT2D eigenvalue weighted by Crippen LogP contribution is -2.15. The van der Waals surface area contributed by atoms with E-state index in [4.69, 9.17) is 5.11 Å². The SMILES string of the molecule is Cc1ccc([N+](=O)[O-])cc1NC(=O)CSc1ccccc1C(=O)O. The van der Waals surface area contributed by atoms with E-state index in [2.05, 4.69) is 5.32 Å². The van der Waals surface area contributed by atoms with E-state index in [1.807, 2.05) is 0 Å². The summed E-state index contributed by atoms with van der Waals surface area (Å²) in [6.45, 7) is 1.73. The molecule has 0 aliphatic heterocycles. The summed E-state index contributed by atoms with van der Waals surface area (Å²) in [6, 6.07) is 10.6. The molecule has 124 valence electrons. The number of rotatable bonds is 6. The minimum absolute atomic E-state index is 0.00751. The molecule has 0 heterocycles. The average Bonchev–Trinajstić information content (AvgIpc) is 2.55. The molecule has 0 saturated carbocycles. The van der Waals surface area contributed by atoms with Gasteiger partial charge in [-0.25, -0.2) is 4.79 Å². The number of carboxylic acid groups (broad SMARTS) is 1. The number of carboxylic acids is 1. The van der Waals surface area contributed by atoms with E-state index in [1.54, 1.807) is 31.2 Å². The van der Waals surface area contributed by atoms with Crippen LogP contribution < -0.4 is 5.32 Å². The molecule has 2 N–H and O–H groups in total. The van der Waals surface area contributed by atoms with Crippen molar-refractivity contribution in [3.05, 3.63) is 63.7 Å². The minimum Gasteiger partial charge on any atom is -0.478 e. The van der Waals surface area contributed by atoms with Gasteiger partial charge >= 0.3 is 5.97 Å². The van der Waals surface area contributed by atoms with Crippen LogP contribution in [0.2, 0.25) is 0 Å². The first-order chi connectivity index (χ1) is 11.4. The fourth-order valence-electron chi connectivity index (χ4n) is 1.96. The third-order valence-corrected chi connectivity index (χ3v) is 4.26. The summed E-state index contributed by atoms with van der Waals surface area (Å²) >= 11 is 1.09. The van der Waals surface area contributed by atoms with Gasteiger partial charge in [-0.3, -0.25) is 14.9 Å². The third kappa shape index (κ3) is 4.32. The lowest BCUT2D eigenvalue weighted by atomic mass is 10.2. The van der Waals surface area contributed by atoms with Crippen LogP contribution in [0.1, 0.15) is 15.9 Å². The number of benzene rings is 2. The molecule has 0 saturated heterocycles. The van der Waals surface area contributed by atoms with Gasteiger partial charge in [0.05, 0.1) is 21.9 Å². The van der Waals surface area contributed by atoms with Crippen molar-refractivity contribution in [3.63, 3.8) is 0 Å². The minimum atomic E-state index is -1.06. The second kappa shape index (κ2) is 7.60. The zero-order valence-corrected chi connectivity index (χ0v) is 13.5. The molecular formula is C16H14N2O5S. The van der Waals surface area contributed by atoms with E-state index in [1.165, 1.54) is 18.2 Å². The number of nitro benzene ring substituents is 1. The molecule has 24 heavy (non-hydrogen) atoms. The Kier molecular flexibility index (Phi) is 5.54. The Morgan fingerprint density at radius 2 is 1.96 bits per heavy atom. The van der Waals surface area contributed by atoms with Crippen molar-refractivity contribution in [1.29, 1.82) is 0 Å². The number of hydrogen-bond donors (Lipinski definition) is 2. The van der Waals surface area contributed by atoms with Crippen molar-refractivity contribution in [2.45, 2.75) is 11.8 Å². The highest BCUT2D eigenvalue weighted by Gasteiger charge is 2.13. The van der Waals surface area contributed by atoms with Crippen molar-refractivity contribution >= 4 is 35.0 Å². The van der Waals surface area contributed by atoms with Gasteiger partial charge < -0.3 is 10.4 Å². The summed E-state index contributed by atoms with van der Waals surface area (Å²) in [5, 5.41) is 22.5. The second-order valence-electron chi connectivity index (χ2n) is 4.89. The lowest BCUT2D eigenvalue weighted by molar-refractivity contribution is -0.384. The number of nitro groups is 1. The Morgan fingerprint density at radius 1 is 1.25 bits per heavy atom. The van der Waals surface area contributed by atoms with Crippen molar-refractivity contribution in [1.82, 2.24) is 0 Å². The van der Waals surface area contributed by atoms with Gasteiger partial charge in [0, 0.05) is 17.0 Å². The van der Waals surface area contributed by atoms with E-state index < -0.39 is 10.9 Å². The summed E-state index contributed by atoms with van der Waals surface area (Å²) in [5.41, 5.74) is 1.08. The van der Waals surface area contributed by atoms with Crippen molar-refractivity contribution in [2.75, 3.05) is 11.1 Å². The van der Waals surface area contributed by atoms with Crippen LogP contribution in [0.4, 0.5) is 11.4 Å². The largest absolute Gasteiger partial charge is 0.478 e. The van der Waals surface area contributed by atoms with E-state index in [0.717, 1.165) is 11.8 Å². The van der Waals surface area contributed by atoms with Crippen LogP contribution in [0.3, 0.4) is 0 Å². The molecule has 0 atom stereocenters. The molecular weight excluding hydrogens is 332 g/mol. The topological polar surface area (TPSA) is 110 Å². The molecule has 2 rings (SSSR count). The molecule has 2 aromatic carbocycles. The van der Waals surface area contributed by atoms with E-state index >= 15 is 0 Å². The van der Waals surface area contributed by atoms with Crippen molar-refractivity contribution in [2.24, 2.45) is 0 Å². The number of hydrogen-bond acceptors (Lipinski definition) is 5. The first-order valence-electron chi connectivity index (χ1n) is 6.88. The smallest absolute Gasteiger partial charge is 0.336 e. The molecule has 0 fully saturated rings. The highest BCUT2D eigenvalue weighted by molar-refractivity contribution is 8.00. The summed E-state index contributed by atoms with van der Waals surface area (Å²) in [5.74, 6) is -1.44. The average molecular weight is 346 g/mol. The maximum absolute atomic E-state index is 12.1. The van der Waals surface area contributed by atoms with Crippen LogP contribution in [0, 0.1) is 17.0 Å². The number of carbonyl (C=O) groups is 2. The number of amides is 1. The molecule has 0 bridgehead atoms. The summed E-state index contributed by atoms with van der Waals surface area (Å²) in [7, 11) is 0. The second-order valence-corrected chi connectivity index (χ2v) is 5.91. The van der Waals surface area contributed by atoms with E-state index in [0.29, 0.717) is 16.1 Å². The van der Waals surface area contributed by atoms with Crippen molar-refractivity contribution in [3.8, 4) is 0 Å². The van der Waals surface area contributed by atoms with Gasteiger partial charge in [-0.15, -0.1) is 11.8 Å². The molecule has 0 spiro atoms. The quantitative estimate of drug-likeness (QED) is 0.472. The highest BCUT2D eigenvalue weighted by Crippen LogP contribution is 2.25. The van der Waals surface area contributed by atoms with Gasteiger partial charge in [-0.1, -0.05) is 18.2 Å². The van der Waals surface area contributed by atoms with Gasteiger partial charge in [0.25, 0.3) is 5.69 Å². The Hall–Kier alpha value is -2.87. The normalized spacial score (nSPS) is 10.2. The van der Waals surface area contributed by atoms with Gasteiger partial charge in [0.15, 0.2) is 0 Å². The Balaban J connectivity index is 2.06. The number of aryl methyl sites for hydroxylation is 1. The highest BCUT2D eigenvalue weighted by atomic mass is 32.2. The summed E-state index contributed by atoms with van der Waals surface area (Å²) in [4.78, 5) is 33.9. The van der Waals surface area contributed by atoms with Crippen LogP contribution in [0.5, 0.6) is 0 Å². The number of thioether (sulfide) groups is 1. The van der Waals surface area contributed by atoms with Crippen LogP contribution >= 0.6 is 11.8 Å². The fraction of sp³-hybridized carbons (Fsp3) is 0.125. The maximum Gasteiger partial charge on any atom is 0.336 e. The molecule has 1 amide bonds. The fourth-order valence-corrected chi connectivity index (χ4v) is 2.80. The predicted molar refractivity (Wildman–Crippen MR) is 90.6 cm³/mol. The van der Waals surface area contributed by atoms with E-state index in [9.17, 15) is 19.7 Å². The molecule has 8 heteroatoms. The molecule has 2 aromatic rings. The Labute approximate surface area is 141 Å². The third-order valence-electron chi connectivity index (χ3n) is 3.18. The van der Waals surface area contributed by atoms with Gasteiger partial charge in [-0.05, 0) is 24.6 Å². The van der Waals surface area contributed by atoms with Gasteiger partial charge in [0.1, 0.15) is 0 Å². The molecule has 0 unspecified atom stereocenters. The predicted octanol–water partition coefficient (Wildman–Crippen LogP) is 3.33. The zero-order valence-electron chi connectivity index (χ0n) is 12.7. The van der Waals surface area contributed by atoms with Crippen LogP contribution in [0.15, 0.2) is 47.4 Å². The van der Waals surface area contributed by atoms with Crippen LogP contribution in [-0.2, 0) is 4.79 Å². The molecule has 0 aromatic heterocycles. The van der Waals surface area contributed by atoms with Crippen molar-refractivity contribution < 1.29 is 19.6 Å². The number of anilines is 1. The first-order valence-corrected chi connectivity index (χ1v) is 7.87. The zero-order chi connectivity index (χ0) is 17.7. The van der Waals surface area contributed by atoms with Crippen LogP contribution in [0.25, 0.3) is 0 Å². The number of nitrogens with zero attached hydrogens (tertiary/aromatic N) is 1. The standard InChI is InChI=1S/C16H14N2O5S/c1-10-6-7-11(18(22)23)8-13(10)17-15(19)9-24-14-5-3-2-4-12(14)16(20)21/h2-8H,9H2,1H3,(H,17,19)(H,20,21). The molecule has 0 aliphatic carbocycles. The number of carbonyl (C=O) groups excluding carboxylic acids is 1. The van der Waals surface area contributed by atoms with Gasteiger partial charge in [-0.2, -0.15) is 0 Å². The van der Waals surface area contributed by atoms with E-state index in [-0.39, 0.29) is 22.9 Å². The monoisotopic (exact) mass is 346 g/mol. The number of non-ortho nitro benzene ring substituents is 1. The maximum atomic E-state index is 12.1. The van der Waals surface area contributed by atoms with Crippen LogP contribution in [-0.4, -0.2) is 27.7 Å². The number of aromatic carboxylic acids is 1. The first kappa shape index (κ1) is 17.5. The Morgan fingerprint density at radius 3 is 2.62 bits per heavy atom. The van der Waals surface area contributed by atoms with Gasteiger partial charge in [0.2, 0.25) is 5.91 Å². The summed E-state index contributed by atoms with van der Waals surface area (Å²) < 4.78 is 0. The molecule has 0 radical (unpaired) electrons.